The summed E-state index contributed by atoms with van der Waals surface area (Å²) in [4.78, 5) is 16.5. The van der Waals surface area contributed by atoms with Crippen LogP contribution in [0.4, 0.5) is 0 Å². The van der Waals surface area contributed by atoms with Gasteiger partial charge in [0.2, 0.25) is 0 Å². The number of fused-ring (bicyclic) bond motifs is 1. The van der Waals surface area contributed by atoms with E-state index in [0.29, 0.717) is 13.2 Å². The highest BCUT2D eigenvalue weighted by Crippen LogP contribution is 2.27. The van der Waals surface area contributed by atoms with Gasteiger partial charge in [-0.15, -0.1) is 0 Å². The molecule has 0 aliphatic carbocycles. The van der Waals surface area contributed by atoms with E-state index in [1.54, 1.807) is 11.0 Å². The van der Waals surface area contributed by atoms with Gasteiger partial charge in [0.05, 0.1) is 12.3 Å². The maximum Gasteiger partial charge on any atom is 0.254 e. The first-order valence-corrected chi connectivity index (χ1v) is 8.22. The molecule has 1 amide bonds. The van der Waals surface area contributed by atoms with Gasteiger partial charge in [0.1, 0.15) is 12.7 Å². The molecule has 0 bridgehead atoms. The number of carbonyl (C=O) groups is 1. The Balaban J connectivity index is 1.46. The monoisotopic (exact) mass is 334 g/mol. The van der Waals surface area contributed by atoms with Crippen molar-refractivity contribution in [1.82, 2.24) is 20.1 Å². The third-order valence-electron chi connectivity index (χ3n) is 4.29. The second-order valence-electron chi connectivity index (χ2n) is 5.93. The highest BCUT2D eigenvalue weighted by Gasteiger charge is 2.26. The topological polar surface area (TPSA) is 69.0 Å². The summed E-state index contributed by atoms with van der Waals surface area (Å²) < 4.78 is 7.39. The van der Waals surface area contributed by atoms with Gasteiger partial charge in [-0.3, -0.25) is 4.79 Å². The minimum Gasteiger partial charge on any atom is -0.363 e. The lowest BCUT2D eigenvalue weighted by Crippen LogP contribution is -2.33. The van der Waals surface area contributed by atoms with Gasteiger partial charge in [0.15, 0.2) is 6.10 Å². The Labute approximate surface area is 145 Å². The fourth-order valence-electron chi connectivity index (χ4n) is 3.04. The zero-order valence-corrected chi connectivity index (χ0v) is 13.6. The lowest BCUT2D eigenvalue weighted by molar-refractivity contribution is -0.134. The molecule has 0 spiro atoms. The van der Waals surface area contributed by atoms with Crippen molar-refractivity contribution in [3.8, 4) is 5.69 Å². The number of rotatable bonds is 4. The zero-order chi connectivity index (χ0) is 17.1. The lowest BCUT2D eigenvalue weighted by atomic mass is 9.97. The third kappa shape index (κ3) is 3.29. The summed E-state index contributed by atoms with van der Waals surface area (Å²) in [6.07, 6.45) is 3.44. The second kappa shape index (κ2) is 6.86. The first-order valence-electron chi connectivity index (χ1n) is 8.22. The quantitative estimate of drug-likeness (QED) is 0.794. The Kier molecular flexibility index (Phi) is 4.26. The Morgan fingerprint density at radius 1 is 1.24 bits per heavy atom. The SMILES string of the molecule is O=C(NCc1cccc(-n2cncn2)c1)[C@@H]1OCCc2ccccc21. The summed E-state index contributed by atoms with van der Waals surface area (Å²) in [7, 11) is 0. The zero-order valence-electron chi connectivity index (χ0n) is 13.6. The van der Waals surface area contributed by atoms with Crippen LogP contribution in [0.2, 0.25) is 0 Å². The van der Waals surface area contributed by atoms with Gasteiger partial charge in [-0.1, -0.05) is 36.4 Å². The van der Waals surface area contributed by atoms with E-state index >= 15 is 0 Å². The number of aromatic nitrogens is 3. The average molecular weight is 334 g/mol. The summed E-state index contributed by atoms with van der Waals surface area (Å²) in [5.41, 5.74) is 4.04. The number of ether oxygens (including phenoxy) is 1. The number of hydrogen-bond donors (Lipinski definition) is 1. The predicted octanol–water partition coefficient (Wildman–Crippen LogP) is 2.20. The van der Waals surface area contributed by atoms with Crippen LogP contribution in [0.15, 0.2) is 61.2 Å². The maximum atomic E-state index is 12.6. The van der Waals surface area contributed by atoms with E-state index in [1.807, 2.05) is 42.5 Å². The number of nitrogens with one attached hydrogen (secondary N) is 1. The molecule has 1 atom stereocenters. The predicted molar refractivity (Wildman–Crippen MR) is 92.0 cm³/mol. The van der Waals surface area contributed by atoms with Crippen LogP contribution < -0.4 is 5.32 Å². The van der Waals surface area contributed by atoms with Crippen molar-refractivity contribution >= 4 is 5.91 Å². The minimum absolute atomic E-state index is 0.113. The van der Waals surface area contributed by atoms with E-state index in [4.69, 9.17) is 4.74 Å². The van der Waals surface area contributed by atoms with E-state index in [1.165, 1.54) is 11.9 Å². The molecule has 4 rings (SSSR count). The molecule has 2 aromatic carbocycles. The highest BCUT2D eigenvalue weighted by molar-refractivity contribution is 5.82. The number of nitrogens with zero attached hydrogens (tertiary/aromatic N) is 3. The number of hydrogen-bond acceptors (Lipinski definition) is 4. The van der Waals surface area contributed by atoms with Crippen molar-refractivity contribution < 1.29 is 9.53 Å². The largest absolute Gasteiger partial charge is 0.363 e. The molecule has 1 N–H and O–H groups in total. The lowest BCUT2D eigenvalue weighted by Gasteiger charge is -2.25. The molecule has 1 aliphatic heterocycles. The van der Waals surface area contributed by atoms with Crippen molar-refractivity contribution in [2.45, 2.75) is 19.1 Å². The Morgan fingerprint density at radius 3 is 3.04 bits per heavy atom. The molecule has 0 fully saturated rings. The molecule has 0 saturated heterocycles. The van der Waals surface area contributed by atoms with Crippen molar-refractivity contribution in [3.63, 3.8) is 0 Å². The molecule has 2 heterocycles. The van der Waals surface area contributed by atoms with Gasteiger partial charge in [0, 0.05) is 6.54 Å². The molecule has 0 unspecified atom stereocenters. The van der Waals surface area contributed by atoms with Crippen LogP contribution >= 0.6 is 0 Å². The fraction of sp³-hybridized carbons (Fsp3) is 0.211. The van der Waals surface area contributed by atoms with E-state index in [2.05, 4.69) is 21.5 Å². The molecule has 1 aliphatic rings. The fourth-order valence-corrected chi connectivity index (χ4v) is 3.04. The van der Waals surface area contributed by atoms with Gasteiger partial charge >= 0.3 is 0 Å². The Hall–Kier alpha value is -2.99. The molecule has 126 valence electrons. The first kappa shape index (κ1) is 15.5. The Bertz CT molecular complexity index is 877. The molecule has 6 heteroatoms. The number of carbonyl (C=O) groups excluding carboxylic acids is 1. The Morgan fingerprint density at radius 2 is 2.16 bits per heavy atom. The summed E-state index contributed by atoms with van der Waals surface area (Å²) in [6.45, 7) is 1.00. The van der Waals surface area contributed by atoms with E-state index in [-0.39, 0.29) is 5.91 Å². The van der Waals surface area contributed by atoms with Gasteiger partial charge in [-0.25, -0.2) is 9.67 Å². The maximum absolute atomic E-state index is 12.6. The van der Waals surface area contributed by atoms with E-state index in [9.17, 15) is 4.79 Å². The minimum atomic E-state index is -0.538. The number of amides is 1. The second-order valence-corrected chi connectivity index (χ2v) is 5.93. The van der Waals surface area contributed by atoms with Crippen LogP contribution in [0.1, 0.15) is 22.8 Å². The average Bonchev–Trinajstić information content (AvgIpc) is 3.21. The molecule has 0 saturated carbocycles. The molecule has 3 aromatic rings. The van der Waals surface area contributed by atoms with Crippen LogP contribution in [-0.2, 0) is 22.5 Å². The van der Waals surface area contributed by atoms with Crippen molar-refractivity contribution in [1.29, 1.82) is 0 Å². The van der Waals surface area contributed by atoms with Crippen LogP contribution in [0.5, 0.6) is 0 Å². The summed E-state index contributed by atoms with van der Waals surface area (Å²) in [5.74, 6) is -0.113. The van der Waals surface area contributed by atoms with Crippen LogP contribution in [0.25, 0.3) is 5.69 Å². The standard InChI is InChI=1S/C19H18N4O2/c24-19(18-17-7-2-1-5-15(17)8-9-25-18)21-11-14-4-3-6-16(10-14)23-13-20-12-22-23/h1-7,10,12-13,18H,8-9,11H2,(H,21,24)/t18-/m1/s1. The third-order valence-corrected chi connectivity index (χ3v) is 4.29. The summed E-state index contributed by atoms with van der Waals surface area (Å²) in [6, 6.07) is 15.8. The van der Waals surface area contributed by atoms with E-state index < -0.39 is 6.10 Å². The van der Waals surface area contributed by atoms with Gasteiger partial charge < -0.3 is 10.1 Å². The van der Waals surface area contributed by atoms with Crippen molar-refractivity contribution in [3.05, 3.63) is 77.9 Å². The number of benzene rings is 2. The van der Waals surface area contributed by atoms with Crippen LogP contribution in [0, 0.1) is 0 Å². The summed E-state index contributed by atoms with van der Waals surface area (Å²) in [5, 5.41) is 7.09. The van der Waals surface area contributed by atoms with Crippen molar-refractivity contribution in [2.24, 2.45) is 0 Å². The van der Waals surface area contributed by atoms with E-state index in [0.717, 1.165) is 23.2 Å². The summed E-state index contributed by atoms with van der Waals surface area (Å²) >= 11 is 0. The molecule has 6 nitrogen and oxygen atoms in total. The van der Waals surface area contributed by atoms with Gasteiger partial charge in [-0.2, -0.15) is 5.10 Å². The highest BCUT2D eigenvalue weighted by atomic mass is 16.5. The molecule has 25 heavy (non-hydrogen) atoms. The van der Waals surface area contributed by atoms with Gasteiger partial charge in [-0.05, 0) is 35.2 Å². The van der Waals surface area contributed by atoms with Crippen LogP contribution in [-0.4, -0.2) is 27.3 Å². The normalized spacial score (nSPS) is 16.2. The molecular formula is C19H18N4O2. The first-order chi connectivity index (χ1) is 12.3. The smallest absolute Gasteiger partial charge is 0.254 e. The van der Waals surface area contributed by atoms with Crippen LogP contribution in [0.3, 0.4) is 0 Å². The molecular weight excluding hydrogens is 316 g/mol. The van der Waals surface area contributed by atoms with Gasteiger partial charge in [0.25, 0.3) is 5.91 Å². The molecule has 0 radical (unpaired) electrons. The van der Waals surface area contributed by atoms with Crippen molar-refractivity contribution in [2.75, 3.05) is 6.61 Å². The molecule has 1 aromatic heterocycles.